The minimum Gasteiger partial charge on any atom is -0.404 e. The number of hydrogen-bond acceptors (Lipinski definition) is 2. The maximum Gasteiger partial charge on any atom is 0.0277 e. The van der Waals surface area contributed by atoms with Crippen molar-refractivity contribution in [2.75, 3.05) is 7.05 Å². The van der Waals surface area contributed by atoms with Gasteiger partial charge in [0.1, 0.15) is 0 Å². The maximum atomic E-state index is 5.57. The first kappa shape index (κ1) is 10.3. The van der Waals surface area contributed by atoms with Gasteiger partial charge in [-0.2, -0.15) is 0 Å². The zero-order valence-corrected chi connectivity index (χ0v) is 8.66. The van der Waals surface area contributed by atoms with Crippen LogP contribution in [0.15, 0.2) is 16.8 Å². The third-order valence-corrected chi connectivity index (χ3v) is 2.96. The van der Waals surface area contributed by atoms with Gasteiger partial charge < -0.3 is 5.73 Å². The van der Waals surface area contributed by atoms with Crippen LogP contribution in [0, 0.1) is 11.8 Å². The van der Waals surface area contributed by atoms with Gasteiger partial charge in [0.15, 0.2) is 0 Å². The first-order chi connectivity index (χ1) is 6.27. The standard InChI is InChI=1S/C11H20N2/c1-9-3-5-10(6-4-9)11(7-12)8-13-2/h7-10H,3-6,12H2,1-2H3/b11-7+,13-8?. The van der Waals surface area contributed by atoms with Crippen LogP contribution < -0.4 is 5.73 Å². The topological polar surface area (TPSA) is 38.4 Å². The Morgan fingerprint density at radius 2 is 1.92 bits per heavy atom. The Bertz CT molecular complexity index is 198. The molecule has 0 atom stereocenters. The molecule has 0 heterocycles. The number of aliphatic imine (C=N–C) groups is 1. The molecule has 2 nitrogen and oxygen atoms in total. The Labute approximate surface area is 80.9 Å². The fourth-order valence-corrected chi connectivity index (χ4v) is 2.03. The lowest BCUT2D eigenvalue weighted by atomic mass is 9.80. The highest BCUT2D eigenvalue weighted by molar-refractivity contribution is 5.78. The SMILES string of the molecule is CN=C/C(=C\N)C1CCC(C)CC1. The van der Waals surface area contributed by atoms with Crippen LogP contribution in [0.2, 0.25) is 0 Å². The zero-order valence-electron chi connectivity index (χ0n) is 8.66. The van der Waals surface area contributed by atoms with Gasteiger partial charge in [-0.15, -0.1) is 0 Å². The average molecular weight is 180 g/mol. The van der Waals surface area contributed by atoms with Crippen molar-refractivity contribution in [3.05, 3.63) is 11.8 Å². The van der Waals surface area contributed by atoms with Crippen LogP contribution in [0.25, 0.3) is 0 Å². The van der Waals surface area contributed by atoms with Crippen molar-refractivity contribution in [2.45, 2.75) is 32.6 Å². The van der Waals surface area contributed by atoms with Crippen LogP contribution in [0.3, 0.4) is 0 Å². The molecule has 0 spiro atoms. The van der Waals surface area contributed by atoms with Crippen molar-refractivity contribution in [2.24, 2.45) is 22.6 Å². The van der Waals surface area contributed by atoms with E-state index < -0.39 is 0 Å². The summed E-state index contributed by atoms with van der Waals surface area (Å²) in [6.07, 6.45) is 8.83. The Morgan fingerprint density at radius 3 is 2.38 bits per heavy atom. The quantitative estimate of drug-likeness (QED) is 0.651. The van der Waals surface area contributed by atoms with Crippen LogP contribution in [0.5, 0.6) is 0 Å². The predicted molar refractivity (Wildman–Crippen MR) is 57.8 cm³/mol. The zero-order chi connectivity index (χ0) is 9.68. The van der Waals surface area contributed by atoms with Crippen molar-refractivity contribution in [1.29, 1.82) is 0 Å². The maximum absolute atomic E-state index is 5.57. The first-order valence-corrected chi connectivity index (χ1v) is 5.12. The van der Waals surface area contributed by atoms with Gasteiger partial charge in [0.2, 0.25) is 0 Å². The lowest BCUT2D eigenvalue weighted by Crippen LogP contribution is -2.15. The highest BCUT2D eigenvalue weighted by Crippen LogP contribution is 2.31. The third-order valence-electron chi connectivity index (χ3n) is 2.96. The highest BCUT2D eigenvalue weighted by atomic mass is 14.6. The molecule has 0 aromatic carbocycles. The van der Waals surface area contributed by atoms with E-state index in [0.29, 0.717) is 5.92 Å². The second kappa shape index (κ2) is 5.05. The Balaban J connectivity index is 2.52. The van der Waals surface area contributed by atoms with Gasteiger partial charge in [-0.05, 0) is 36.5 Å². The smallest absolute Gasteiger partial charge is 0.0277 e. The van der Waals surface area contributed by atoms with Crippen LogP contribution in [0.1, 0.15) is 32.6 Å². The minimum absolute atomic E-state index is 0.657. The molecule has 0 amide bonds. The van der Waals surface area contributed by atoms with Gasteiger partial charge in [-0.1, -0.05) is 19.8 Å². The summed E-state index contributed by atoms with van der Waals surface area (Å²) in [4.78, 5) is 4.03. The van der Waals surface area contributed by atoms with Crippen molar-refractivity contribution >= 4 is 6.21 Å². The summed E-state index contributed by atoms with van der Waals surface area (Å²) in [6.45, 7) is 2.33. The van der Waals surface area contributed by atoms with Crippen molar-refractivity contribution in [3.8, 4) is 0 Å². The molecule has 2 heteroatoms. The molecule has 2 N–H and O–H groups in total. The molecule has 0 saturated heterocycles. The molecule has 0 aliphatic heterocycles. The summed E-state index contributed by atoms with van der Waals surface area (Å²) in [5, 5.41) is 0. The number of nitrogens with two attached hydrogens (primary N) is 1. The number of rotatable bonds is 2. The van der Waals surface area contributed by atoms with Gasteiger partial charge in [0.05, 0.1) is 0 Å². The van der Waals surface area contributed by atoms with Gasteiger partial charge in [-0.25, -0.2) is 0 Å². The van der Waals surface area contributed by atoms with E-state index in [1.807, 2.05) is 6.21 Å². The van der Waals surface area contributed by atoms with E-state index in [4.69, 9.17) is 5.73 Å². The molecular formula is C11H20N2. The lowest BCUT2D eigenvalue weighted by Gasteiger charge is -2.26. The van der Waals surface area contributed by atoms with E-state index in [1.165, 1.54) is 31.3 Å². The average Bonchev–Trinajstić information content (AvgIpc) is 2.16. The second-order valence-corrected chi connectivity index (χ2v) is 4.01. The van der Waals surface area contributed by atoms with E-state index in [1.54, 1.807) is 13.2 Å². The molecule has 1 fully saturated rings. The summed E-state index contributed by atoms with van der Waals surface area (Å²) < 4.78 is 0. The molecule has 0 bridgehead atoms. The summed E-state index contributed by atoms with van der Waals surface area (Å²) in [7, 11) is 1.80. The molecule has 0 unspecified atom stereocenters. The number of hydrogen-bond donors (Lipinski definition) is 1. The van der Waals surface area contributed by atoms with Crippen molar-refractivity contribution in [3.63, 3.8) is 0 Å². The van der Waals surface area contributed by atoms with E-state index >= 15 is 0 Å². The van der Waals surface area contributed by atoms with Crippen molar-refractivity contribution in [1.82, 2.24) is 0 Å². The largest absolute Gasteiger partial charge is 0.404 e. The van der Waals surface area contributed by atoms with Crippen LogP contribution >= 0.6 is 0 Å². The number of allylic oxidation sites excluding steroid dienone is 1. The summed E-state index contributed by atoms with van der Waals surface area (Å²) in [5.41, 5.74) is 6.79. The molecule has 74 valence electrons. The highest BCUT2D eigenvalue weighted by Gasteiger charge is 2.20. The third kappa shape index (κ3) is 2.87. The Kier molecular flexibility index (Phi) is 4.00. The molecule has 0 radical (unpaired) electrons. The van der Waals surface area contributed by atoms with E-state index in [-0.39, 0.29) is 0 Å². The second-order valence-electron chi connectivity index (χ2n) is 4.01. The molecule has 13 heavy (non-hydrogen) atoms. The van der Waals surface area contributed by atoms with Gasteiger partial charge in [0.25, 0.3) is 0 Å². The Hall–Kier alpha value is -0.790. The lowest BCUT2D eigenvalue weighted by molar-refractivity contribution is 0.325. The summed E-state index contributed by atoms with van der Waals surface area (Å²) in [6, 6.07) is 0. The van der Waals surface area contributed by atoms with Gasteiger partial charge >= 0.3 is 0 Å². The molecule has 0 aromatic heterocycles. The normalized spacial score (nSPS) is 31.1. The van der Waals surface area contributed by atoms with Gasteiger partial charge in [0, 0.05) is 13.3 Å². The van der Waals surface area contributed by atoms with Gasteiger partial charge in [-0.3, -0.25) is 4.99 Å². The molecule has 0 aromatic rings. The molecule has 1 aliphatic carbocycles. The Morgan fingerprint density at radius 1 is 1.31 bits per heavy atom. The fourth-order valence-electron chi connectivity index (χ4n) is 2.03. The van der Waals surface area contributed by atoms with Crippen LogP contribution in [0.4, 0.5) is 0 Å². The van der Waals surface area contributed by atoms with E-state index in [0.717, 1.165) is 5.92 Å². The van der Waals surface area contributed by atoms with E-state index in [2.05, 4.69) is 11.9 Å². The predicted octanol–water partition coefficient (Wildman–Crippen LogP) is 2.36. The fraction of sp³-hybridized carbons (Fsp3) is 0.727. The number of nitrogens with zero attached hydrogens (tertiary/aromatic N) is 1. The molecule has 1 saturated carbocycles. The molecule has 1 rings (SSSR count). The van der Waals surface area contributed by atoms with Crippen molar-refractivity contribution < 1.29 is 0 Å². The van der Waals surface area contributed by atoms with Crippen LogP contribution in [-0.2, 0) is 0 Å². The summed E-state index contributed by atoms with van der Waals surface area (Å²) >= 11 is 0. The molecular weight excluding hydrogens is 160 g/mol. The molecule has 1 aliphatic rings. The minimum atomic E-state index is 0.657. The monoisotopic (exact) mass is 180 g/mol. The summed E-state index contributed by atoms with van der Waals surface area (Å²) in [5.74, 6) is 1.55. The first-order valence-electron chi connectivity index (χ1n) is 5.12. The van der Waals surface area contributed by atoms with Crippen LogP contribution in [-0.4, -0.2) is 13.3 Å². The van der Waals surface area contributed by atoms with E-state index in [9.17, 15) is 0 Å².